The Morgan fingerprint density at radius 3 is 2.43 bits per heavy atom. The molecule has 0 radical (unpaired) electrons. The molecule has 6 aliphatic rings. The van der Waals surface area contributed by atoms with Gasteiger partial charge >= 0.3 is 6.09 Å². The second kappa shape index (κ2) is 16.4. The van der Waals surface area contributed by atoms with Gasteiger partial charge in [0.2, 0.25) is 27.7 Å². The highest BCUT2D eigenvalue weighted by Crippen LogP contribution is 2.52. The van der Waals surface area contributed by atoms with Crippen molar-refractivity contribution in [3.63, 3.8) is 0 Å². The fourth-order valence-electron chi connectivity index (χ4n) is 10.0. The molecule has 9 rings (SSSR count). The summed E-state index contributed by atoms with van der Waals surface area (Å²) >= 11 is 0. The summed E-state index contributed by atoms with van der Waals surface area (Å²) < 4.78 is 59.9. The number of benzene rings is 2. The number of hydrogen-bond acceptors (Lipinski definition) is 10. The van der Waals surface area contributed by atoms with Gasteiger partial charge in [0.1, 0.15) is 41.4 Å². The van der Waals surface area contributed by atoms with Crippen LogP contribution in [-0.4, -0.2) is 90.3 Å². The van der Waals surface area contributed by atoms with Crippen molar-refractivity contribution in [2.45, 2.75) is 120 Å². The first-order valence-electron chi connectivity index (χ1n) is 22.3. The number of allylic oxidation sites excluding steroid dienone is 1. The number of carbonyl (C=O) groups excluding carboxylic acids is 4. The van der Waals surface area contributed by atoms with Crippen molar-refractivity contribution < 1.29 is 46.2 Å². The van der Waals surface area contributed by atoms with Gasteiger partial charge in [0.15, 0.2) is 0 Å². The van der Waals surface area contributed by atoms with Gasteiger partial charge in [-0.05, 0) is 142 Å². The van der Waals surface area contributed by atoms with E-state index in [9.17, 15) is 27.2 Å². The number of nitrogens with zero attached hydrogens (tertiary/aromatic N) is 2. The molecule has 4 amide bonds. The summed E-state index contributed by atoms with van der Waals surface area (Å²) in [6.07, 6.45) is 7.91. The Morgan fingerprint density at radius 1 is 0.968 bits per heavy atom. The molecule has 14 nitrogen and oxygen atoms in total. The summed E-state index contributed by atoms with van der Waals surface area (Å²) in [5.74, 6) is -1.11. The van der Waals surface area contributed by atoms with Crippen LogP contribution in [0.2, 0.25) is 0 Å². The van der Waals surface area contributed by atoms with E-state index in [1.807, 2.05) is 31.2 Å². The highest BCUT2D eigenvalue weighted by atomic mass is 32.2. The lowest BCUT2D eigenvalue weighted by molar-refractivity contribution is -0.142. The number of nitrogens with one attached hydrogen (secondary N) is 3. The molecule has 16 heteroatoms. The number of ether oxygens (including phenoxy) is 3. The standard InChI is InChI=1S/C47H56FN5O9S/c1-26-7-5-6-8-32-24-47(32,44(56)52-63(58,59)46(3)15-16-46)51-41(54)39-23-36(25-53(39)43(55)40(27(2)17-26)50-45(57)62-35-19-29-18-30(29)20-35)61-42-37-14-13-34(60-4)21-31(37)22-38(49-42)28-9-11-33(48)12-10-28/h6,8-14,21-22,26-27,29-30,32,35-36,39-40H,5,7,15-20,23-25H2,1-4H3,(H,50,57)(H,51,54)(H,52,56)/b8-6-/t26-,27-,29-,30+,32?,35+,36-,39+,40+,47-/m1/s1. The fourth-order valence-corrected chi connectivity index (χ4v) is 11.3. The zero-order chi connectivity index (χ0) is 44.4. The molecule has 5 fully saturated rings. The van der Waals surface area contributed by atoms with Gasteiger partial charge in [0, 0.05) is 23.3 Å². The van der Waals surface area contributed by atoms with E-state index < -0.39 is 74.0 Å². The summed E-state index contributed by atoms with van der Waals surface area (Å²) in [4.78, 5) is 63.8. The molecule has 63 heavy (non-hydrogen) atoms. The molecule has 3 heterocycles. The molecular formula is C47H56FN5O9S. The van der Waals surface area contributed by atoms with Crippen molar-refractivity contribution in [2.24, 2.45) is 29.6 Å². The Kier molecular flexibility index (Phi) is 11.2. The molecule has 3 N–H and O–H groups in total. The Bertz CT molecular complexity index is 2450. The van der Waals surface area contributed by atoms with Gasteiger partial charge in [-0.25, -0.2) is 22.6 Å². The number of halogens is 1. The van der Waals surface area contributed by atoms with Crippen LogP contribution in [0.1, 0.15) is 85.0 Å². The normalized spacial score (nSPS) is 32.7. The number of pyridine rings is 1. The van der Waals surface area contributed by atoms with Crippen molar-refractivity contribution in [3.05, 3.63) is 66.5 Å². The van der Waals surface area contributed by atoms with Gasteiger partial charge in [-0.3, -0.25) is 19.1 Å². The lowest BCUT2D eigenvalue weighted by Gasteiger charge is -2.33. The number of alkyl carbamates (subject to hydrolysis) is 1. The van der Waals surface area contributed by atoms with Crippen molar-refractivity contribution in [1.82, 2.24) is 25.2 Å². The first-order chi connectivity index (χ1) is 30.0. The molecule has 2 aliphatic heterocycles. The van der Waals surface area contributed by atoms with Crippen LogP contribution in [0, 0.1) is 35.4 Å². The minimum Gasteiger partial charge on any atom is -0.497 e. The molecule has 336 valence electrons. The Balaban J connectivity index is 1.05. The average Bonchev–Trinajstić information content (AvgIpc) is 4.21. The van der Waals surface area contributed by atoms with Gasteiger partial charge in [0.05, 0.1) is 24.1 Å². The predicted molar refractivity (Wildman–Crippen MR) is 231 cm³/mol. The SMILES string of the molecule is COc1ccc2c(O[C@@H]3C[C@H]4C(=O)N[C@]5(C(=O)NS(=O)(=O)C6(C)CC6)CC5/C=C\CC[C@@H](C)C[C@@H](C)[C@H](NC(=O)O[C@@H]5C[C@@H]6C[C@@H]6C5)C(=O)N4C3)nc(-c3ccc(F)cc3)cc2c1. The zero-order valence-electron chi connectivity index (χ0n) is 36.1. The van der Waals surface area contributed by atoms with Gasteiger partial charge in [-0.1, -0.05) is 26.0 Å². The second-order valence-electron chi connectivity index (χ2n) is 19.2. The maximum atomic E-state index is 15.1. The van der Waals surface area contributed by atoms with E-state index in [-0.39, 0.29) is 43.2 Å². The van der Waals surface area contributed by atoms with Crippen LogP contribution < -0.4 is 24.8 Å². The minimum absolute atomic E-state index is 0.0148. The number of amides is 4. The van der Waals surface area contributed by atoms with Crippen molar-refractivity contribution >= 4 is 44.6 Å². The topological polar surface area (TPSA) is 182 Å². The van der Waals surface area contributed by atoms with Crippen molar-refractivity contribution in [2.75, 3.05) is 13.7 Å². The molecular weight excluding hydrogens is 830 g/mol. The largest absolute Gasteiger partial charge is 0.497 e. The molecule has 0 spiro atoms. The third-order valence-corrected chi connectivity index (χ3v) is 16.6. The minimum atomic E-state index is -4.03. The molecule has 2 aromatic carbocycles. The van der Waals surface area contributed by atoms with Crippen LogP contribution in [0.4, 0.5) is 9.18 Å². The van der Waals surface area contributed by atoms with E-state index in [2.05, 4.69) is 22.3 Å². The van der Waals surface area contributed by atoms with E-state index in [0.29, 0.717) is 59.9 Å². The number of carbonyl (C=O) groups is 4. The highest BCUT2D eigenvalue weighted by Gasteiger charge is 2.63. The maximum Gasteiger partial charge on any atom is 0.408 e. The van der Waals surface area contributed by atoms with Crippen LogP contribution in [0.15, 0.2) is 60.7 Å². The zero-order valence-corrected chi connectivity index (χ0v) is 36.9. The number of rotatable bonds is 9. The summed E-state index contributed by atoms with van der Waals surface area (Å²) in [6, 6.07) is 10.9. The summed E-state index contributed by atoms with van der Waals surface area (Å²) in [5.41, 5.74) is -0.441. The van der Waals surface area contributed by atoms with Gasteiger partial charge < -0.3 is 29.7 Å². The second-order valence-corrected chi connectivity index (χ2v) is 21.4. The number of fused-ring (bicyclic) bond motifs is 4. The van der Waals surface area contributed by atoms with Crippen molar-refractivity contribution in [1.29, 1.82) is 0 Å². The smallest absolute Gasteiger partial charge is 0.408 e. The third kappa shape index (κ3) is 8.71. The van der Waals surface area contributed by atoms with Gasteiger partial charge in [0.25, 0.3) is 5.91 Å². The number of aromatic nitrogens is 1. The maximum absolute atomic E-state index is 15.1. The summed E-state index contributed by atoms with van der Waals surface area (Å²) in [6.45, 7) is 5.52. The first kappa shape index (κ1) is 43.0. The third-order valence-electron chi connectivity index (χ3n) is 14.4. The molecule has 10 atom stereocenters. The lowest BCUT2D eigenvalue weighted by Crippen LogP contribution is -2.59. The van der Waals surface area contributed by atoms with Crippen LogP contribution in [0.3, 0.4) is 0 Å². The molecule has 4 aliphatic carbocycles. The molecule has 0 bridgehead atoms. The number of methoxy groups -OCH3 is 1. The van der Waals surface area contributed by atoms with Crippen LogP contribution in [0.5, 0.6) is 11.6 Å². The van der Waals surface area contributed by atoms with E-state index in [4.69, 9.17) is 19.2 Å². The Labute approximate surface area is 367 Å². The predicted octanol–water partition coefficient (Wildman–Crippen LogP) is 6.18. The van der Waals surface area contributed by atoms with E-state index in [0.717, 1.165) is 31.1 Å². The Morgan fingerprint density at radius 2 is 1.71 bits per heavy atom. The van der Waals surface area contributed by atoms with Crippen LogP contribution in [-0.2, 0) is 29.1 Å². The molecule has 4 saturated carbocycles. The average molecular weight is 886 g/mol. The number of sulfonamides is 1. The molecule has 1 saturated heterocycles. The Hall–Kier alpha value is -5.25. The monoisotopic (exact) mass is 885 g/mol. The fraction of sp³-hybridized carbons (Fsp3) is 0.553. The van der Waals surface area contributed by atoms with Crippen LogP contribution >= 0.6 is 0 Å². The lowest BCUT2D eigenvalue weighted by atomic mass is 9.88. The quantitative estimate of drug-likeness (QED) is 0.210. The van der Waals surface area contributed by atoms with E-state index in [1.165, 1.54) is 17.0 Å². The molecule has 3 aromatic rings. The van der Waals surface area contributed by atoms with E-state index >= 15 is 4.79 Å². The van der Waals surface area contributed by atoms with Crippen molar-refractivity contribution in [3.8, 4) is 22.9 Å². The van der Waals surface area contributed by atoms with E-state index in [1.54, 1.807) is 38.3 Å². The van der Waals surface area contributed by atoms with Gasteiger partial charge in [-0.2, -0.15) is 0 Å². The van der Waals surface area contributed by atoms with Gasteiger partial charge in [-0.15, -0.1) is 0 Å². The number of hydrogen-bond donors (Lipinski definition) is 3. The summed E-state index contributed by atoms with van der Waals surface area (Å²) in [7, 11) is -2.48. The van der Waals surface area contributed by atoms with Crippen LogP contribution in [0.25, 0.3) is 22.0 Å². The molecule has 1 aromatic heterocycles. The highest BCUT2D eigenvalue weighted by molar-refractivity contribution is 7.91. The molecule has 1 unspecified atom stereocenters. The summed E-state index contributed by atoms with van der Waals surface area (Å²) in [5, 5.41) is 7.19. The first-order valence-corrected chi connectivity index (χ1v) is 23.8.